The molecule has 0 radical (unpaired) electrons. The van der Waals surface area contributed by atoms with Gasteiger partial charge in [0.1, 0.15) is 11.3 Å². The monoisotopic (exact) mass is 379 g/mol. The first-order valence-corrected chi connectivity index (χ1v) is 10.3. The number of aromatic nitrogens is 2. The first-order chi connectivity index (χ1) is 12.4. The normalized spacial score (nSPS) is 16.5. The predicted octanol–water partition coefficient (Wildman–Crippen LogP) is 0.987. The first kappa shape index (κ1) is 18.8. The van der Waals surface area contributed by atoms with Crippen LogP contribution >= 0.6 is 0 Å². The van der Waals surface area contributed by atoms with Crippen LogP contribution in [0.4, 0.5) is 0 Å². The Kier molecular flexibility index (Phi) is 5.31. The number of carbonyl (C=O) groups excluding carboxylic acids is 1. The van der Waals surface area contributed by atoms with Crippen LogP contribution in [-0.2, 0) is 10.2 Å². The van der Waals surface area contributed by atoms with Gasteiger partial charge < -0.3 is 9.30 Å². The fraction of sp³-hybridized carbons (Fsp3) is 0.529. The van der Waals surface area contributed by atoms with Crippen molar-refractivity contribution in [2.75, 3.05) is 39.3 Å². The van der Waals surface area contributed by atoms with Gasteiger partial charge in [-0.05, 0) is 24.6 Å². The standard InChI is InChI=1S/C17H25N5O3S/c1-4-21(5-2)26(24,25)22-10-8-19(9-11-22)17(23)15-13-20-7-6-14(3)12-16(20)18-15/h6-7,12-13H,4-5,8-11H2,1-3H3. The molecule has 1 aliphatic heterocycles. The topological polar surface area (TPSA) is 78.2 Å². The number of amides is 1. The highest BCUT2D eigenvalue weighted by Crippen LogP contribution is 2.15. The quantitative estimate of drug-likeness (QED) is 0.776. The molecule has 1 aliphatic rings. The molecule has 2 aromatic heterocycles. The number of pyridine rings is 1. The molecular weight excluding hydrogens is 354 g/mol. The maximum atomic E-state index is 12.7. The lowest BCUT2D eigenvalue weighted by Crippen LogP contribution is -2.54. The fourth-order valence-corrected chi connectivity index (χ4v) is 4.79. The van der Waals surface area contributed by atoms with E-state index in [1.165, 1.54) is 8.61 Å². The molecule has 0 unspecified atom stereocenters. The Hall–Kier alpha value is -1.97. The summed E-state index contributed by atoms with van der Waals surface area (Å²) in [5.74, 6) is -0.161. The third kappa shape index (κ3) is 3.46. The zero-order valence-corrected chi connectivity index (χ0v) is 16.2. The molecule has 26 heavy (non-hydrogen) atoms. The number of hydrogen-bond acceptors (Lipinski definition) is 4. The number of aryl methyl sites for hydroxylation is 1. The van der Waals surface area contributed by atoms with Gasteiger partial charge >= 0.3 is 0 Å². The molecule has 142 valence electrons. The molecule has 0 aromatic carbocycles. The fourth-order valence-electron chi connectivity index (χ4n) is 3.18. The second kappa shape index (κ2) is 7.34. The van der Waals surface area contributed by atoms with Crippen molar-refractivity contribution in [3.05, 3.63) is 35.8 Å². The Morgan fingerprint density at radius 2 is 1.85 bits per heavy atom. The van der Waals surface area contributed by atoms with Gasteiger partial charge in [-0.1, -0.05) is 13.8 Å². The van der Waals surface area contributed by atoms with Crippen LogP contribution in [0.1, 0.15) is 29.9 Å². The van der Waals surface area contributed by atoms with Gasteiger partial charge in [0.25, 0.3) is 16.1 Å². The average molecular weight is 379 g/mol. The van der Waals surface area contributed by atoms with Crippen molar-refractivity contribution in [3.8, 4) is 0 Å². The number of rotatable bonds is 5. The smallest absolute Gasteiger partial charge is 0.282 e. The van der Waals surface area contributed by atoms with Gasteiger partial charge in [-0.3, -0.25) is 4.79 Å². The van der Waals surface area contributed by atoms with Crippen molar-refractivity contribution in [2.45, 2.75) is 20.8 Å². The predicted molar refractivity (Wildman–Crippen MR) is 99.2 cm³/mol. The minimum Gasteiger partial charge on any atom is -0.335 e. The van der Waals surface area contributed by atoms with E-state index in [-0.39, 0.29) is 5.91 Å². The Balaban J connectivity index is 1.70. The van der Waals surface area contributed by atoms with Gasteiger partial charge in [-0.2, -0.15) is 17.0 Å². The zero-order chi connectivity index (χ0) is 18.9. The molecule has 8 nitrogen and oxygen atoms in total. The molecule has 0 atom stereocenters. The number of nitrogens with zero attached hydrogens (tertiary/aromatic N) is 5. The highest BCUT2D eigenvalue weighted by atomic mass is 32.2. The largest absolute Gasteiger partial charge is 0.335 e. The molecule has 3 rings (SSSR count). The van der Waals surface area contributed by atoms with E-state index in [2.05, 4.69) is 4.98 Å². The molecule has 0 bridgehead atoms. The Labute approximate surface area is 154 Å². The van der Waals surface area contributed by atoms with Crippen LogP contribution in [0.3, 0.4) is 0 Å². The van der Waals surface area contributed by atoms with Crippen molar-refractivity contribution in [3.63, 3.8) is 0 Å². The minimum absolute atomic E-state index is 0.161. The minimum atomic E-state index is -3.45. The van der Waals surface area contributed by atoms with E-state index in [0.717, 1.165) is 11.2 Å². The van der Waals surface area contributed by atoms with Gasteiger partial charge in [0, 0.05) is 51.7 Å². The molecule has 2 aromatic rings. The average Bonchev–Trinajstić information content (AvgIpc) is 3.05. The van der Waals surface area contributed by atoms with E-state index >= 15 is 0 Å². The maximum Gasteiger partial charge on any atom is 0.282 e. The number of piperazine rings is 1. The van der Waals surface area contributed by atoms with E-state index < -0.39 is 10.2 Å². The van der Waals surface area contributed by atoms with Gasteiger partial charge in [0.2, 0.25) is 0 Å². The van der Waals surface area contributed by atoms with Crippen molar-refractivity contribution in [2.24, 2.45) is 0 Å². The van der Waals surface area contributed by atoms with E-state index in [1.54, 1.807) is 11.1 Å². The van der Waals surface area contributed by atoms with Crippen molar-refractivity contribution < 1.29 is 13.2 Å². The number of fused-ring (bicyclic) bond motifs is 1. The molecule has 1 fully saturated rings. The van der Waals surface area contributed by atoms with Crippen LogP contribution in [0.15, 0.2) is 24.5 Å². The van der Waals surface area contributed by atoms with E-state index in [4.69, 9.17) is 0 Å². The summed E-state index contributed by atoms with van der Waals surface area (Å²) in [4.78, 5) is 18.8. The van der Waals surface area contributed by atoms with Crippen LogP contribution in [-0.4, -0.2) is 76.5 Å². The summed E-state index contributed by atoms with van der Waals surface area (Å²) in [6.45, 7) is 7.85. The third-order valence-corrected chi connectivity index (χ3v) is 6.91. The first-order valence-electron chi connectivity index (χ1n) is 8.86. The molecule has 0 saturated carbocycles. The number of carbonyl (C=O) groups is 1. The highest BCUT2D eigenvalue weighted by molar-refractivity contribution is 7.86. The lowest BCUT2D eigenvalue weighted by Gasteiger charge is -2.36. The maximum absolute atomic E-state index is 12.7. The van der Waals surface area contributed by atoms with Crippen LogP contribution in [0, 0.1) is 6.92 Å². The van der Waals surface area contributed by atoms with Crippen LogP contribution in [0.5, 0.6) is 0 Å². The molecule has 3 heterocycles. The summed E-state index contributed by atoms with van der Waals surface area (Å²) >= 11 is 0. The van der Waals surface area contributed by atoms with Crippen molar-refractivity contribution in [1.82, 2.24) is 22.9 Å². The molecule has 0 spiro atoms. The van der Waals surface area contributed by atoms with Gasteiger partial charge in [-0.25, -0.2) is 4.98 Å². The van der Waals surface area contributed by atoms with Crippen molar-refractivity contribution >= 4 is 21.8 Å². The van der Waals surface area contributed by atoms with Crippen LogP contribution in [0.25, 0.3) is 5.65 Å². The molecule has 1 saturated heterocycles. The Morgan fingerprint density at radius 3 is 2.46 bits per heavy atom. The van der Waals surface area contributed by atoms with E-state index in [9.17, 15) is 13.2 Å². The van der Waals surface area contributed by atoms with Gasteiger partial charge in [0.05, 0.1) is 0 Å². The van der Waals surface area contributed by atoms with Crippen molar-refractivity contribution in [1.29, 1.82) is 0 Å². The summed E-state index contributed by atoms with van der Waals surface area (Å²) < 4.78 is 29.9. The molecular formula is C17H25N5O3S. The van der Waals surface area contributed by atoms with Crippen LogP contribution < -0.4 is 0 Å². The zero-order valence-electron chi connectivity index (χ0n) is 15.4. The Bertz CT molecular complexity index is 896. The second-order valence-corrected chi connectivity index (χ2v) is 8.31. The molecule has 0 N–H and O–H groups in total. The summed E-state index contributed by atoms with van der Waals surface area (Å²) in [6, 6.07) is 3.88. The summed E-state index contributed by atoms with van der Waals surface area (Å²) in [7, 11) is -3.45. The summed E-state index contributed by atoms with van der Waals surface area (Å²) in [6.07, 6.45) is 3.60. The van der Waals surface area contributed by atoms with E-state index in [0.29, 0.717) is 45.0 Å². The highest BCUT2D eigenvalue weighted by Gasteiger charge is 2.32. The second-order valence-electron chi connectivity index (χ2n) is 6.38. The molecule has 1 amide bonds. The number of imidazole rings is 1. The molecule has 0 aliphatic carbocycles. The van der Waals surface area contributed by atoms with E-state index in [1.807, 2.05) is 43.5 Å². The lowest BCUT2D eigenvalue weighted by molar-refractivity contribution is 0.0689. The summed E-state index contributed by atoms with van der Waals surface area (Å²) in [5.41, 5.74) is 2.20. The number of hydrogen-bond donors (Lipinski definition) is 0. The third-order valence-electron chi connectivity index (χ3n) is 4.72. The SMILES string of the molecule is CCN(CC)S(=O)(=O)N1CCN(C(=O)c2cn3ccc(C)cc3n2)CC1. The molecule has 9 heteroatoms. The van der Waals surface area contributed by atoms with Crippen LogP contribution in [0.2, 0.25) is 0 Å². The summed E-state index contributed by atoms with van der Waals surface area (Å²) in [5, 5.41) is 0. The Morgan fingerprint density at radius 1 is 1.19 bits per heavy atom. The van der Waals surface area contributed by atoms with Gasteiger partial charge in [0.15, 0.2) is 0 Å². The van der Waals surface area contributed by atoms with Gasteiger partial charge in [-0.15, -0.1) is 0 Å². The lowest BCUT2D eigenvalue weighted by atomic mass is 10.3.